The first kappa shape index (κ1) is 22.7. The van der Waals surface area contributed by atoms with Gasteiger partial charge in [0, 0.05) is 13.1 Å². The van der Waals surface area contributed by atoms with Gasteiger partial charge in [0.2, 0.25) is 11.8 Å². The van der Waals surface area contributed by atoms with E-state index in [4.69, 9.17) is 0 Å². The van der Waals surface area contributed by atoms with Crippen LogP contribution in [0.25, 0.3) is 0 Å². The minimum Gasteiger partial charge on any atom is -0.354 e. The van der Waals surface area contributed by atoms with Crippen molar-refractivity contribution in [1.29, 1.82) is 0 Å². The molecular formula is C25H34N2O2. The van der Waals surface area contributed by atoms with E-state index in [2.05, 4.69) is 19.2 Å². The normalized spacial score (nSPS) is 11.9. The van der Waals surface area contributed by atoms with Gasteiger partial charge in [0.05, 0.1) is 6.42 Å². The van der Waals surface area contributed by atoms with Crippen LogP contribution in [0.1, 0.15) is 49.4 Å². The molecule has 0 fully saturated rings. The van der Waals surface area contributed by atoms with Gasteiger partial charge in [-0.25, -0.2) is 0 Å². The summed E-state index contributed by atoms with van der Waals surface area (Å²) in [4.78, 5) is 27.9. The molecule has 0 radical (unpaired) electrons. The molecule has 4 nitrogen and oxygen atoms in total. The fourth-order valence-corrected chi connectivity index (χ4v) is 3.33. The third kappa shape index (κ3) is 7.04. The Hall–Kier alpha value is -2.62. The highest BCUT2D eigenvalue weighted by Crippen LogP contribution is 2.16. The molecule has 0 aliphatic carbocycles. The van der Waals surface area contributed by atoms with E-state index in [1.807, 2.05) is 69.3 Å². The molecule has 1 atom stereocenters. The summed E-state index contributed by atoms with van der Waals surface area (Å²) in [6.07, 6.45) is 0.872. The van der Waals surface area contributed by atoms with Gasteiger partial charge in [-0.2, -0.15) is 0 Å². The molecule has 0 spiro atoms. The number of aryl methyl sites for hydroxylation is 2. The molecule has 0 aromatic heterocycles. The first-order chi connectivity index (χ1) is 13.8. The van der Waals surface area contributed by atoms with E-state index in [-0.39, 0.29) is 11.8 Å². The molecule has 0 saturated heterocycles. The number of hydrogen-bond acceptors (Lipinski definition) is 2. The Balaban J connectivity index is 2.25. The number of carbonyl (C=O) groups excluding carboxylic acids is 2. The van der Waals surface area contributed by atoms with E-state index in [9.17, 15) is 9.59 Å². The van der Waals surface area contributed by atoms with Crippen molar-refractivity contribution < 1.29 is 9.59 Å². The summed E-state index contributed by atoms with van der Waals surface area (Å²) in [6, 6.07) is 15.6. The second-order valence-corrected chi connectivity index (χ2v) is 8.24. The van der Waals surface area contributed by atoms with E-state index in [1.165, 1.54) is 5.56 Å². The summed E-state index contributed by atoms with van der Waals surface area (Å²) in [5.74, 6) is 0.263. The highest BCUT2D eigenvalue weighted by molar-refractivity contribution is 5.88. The highest BCUT2D eigenvalue weighted by Gasteiger charge is 2.28. The van der Waals surface area contributed by atoms with Gasteiger partial charge in [0.1, 0.15) is 6.04 Å². The van der Waals surface area contributed by atoms with E-state index < -0.39 is 6.04 Å². The Morgan fingerprint density at radius 1 is 0.966 bits per heavy atom. The second kappa shape index (κ2) is 10.8. The van der Waals surface area contributed by atoms with Crippen LogP contribution in [0.3, 0.4) is 0 Å². The zero-order valence-electron chi connectivity index (χ0n) is 18.4. The van der Waals surface area contributed by atoms with Crippen LogP contribution in [0, 0.1) is 19.8 Å². The Labute approximate surface area is 175 Å². The topological polar surface area (TPSA) is 49.4 Å². The van der Waals surface area contributed by atoms with Crippen molar-refractivity contribution in [3.05, 3.63) is 70.8 Å². The van der Waals surface area contributed by atoms with E-state index in [1.54, 1.807) is 4.90 Å². The maximum atomic E-state index is 13.3. The average Bonchev–Trinajstić information content (AvgIpc) is 2.67. The van der Waals surface area contributed by atoms with Crippen LogP contribution in [0.2, 0.25) is 0 Å². The minimum atomic E-state index is -0.479. The zero-order chi connectivity index (χ0) is 21.4. The van der Waals surface area contributed by atoms with Gasteiger partial charge >= 0.3 is 0 Å². The fraction of sp³-hybridized carbons (Fsp3) is 0.440. The summed E-state index contributed by atoms with van der Waals surface area (Å²) in [6.45, 7) is 11.2. The molecule has 0 aliphatic rings. The Kier molecular flexibility index (Phi) is 8.44. The molecular weight excluding hydrogens is 360 g/mol. The summed E-state index contributed by atoms with van der Waals surface area (Å²) < 4.78 is 0. The van der Waals surface area contributed by atoms with E-state index in [0.717, 1.165) is 16.7 Å². The number of nitrogens with one attached hydrogen (secondary N) is 1. The summed E-state index contributed by atoms with van der Waals surface area (Å²) in [5.41, 5.74) is 4.31. The van der Waals surface area contributed by atoms with Crippen LogP contribution >= 0.6 is 0 Å². The smallest absolute Gasteiger partial charge is 0.242 e. The molecule has 0 saturated carbocycles. The summed E-state index contributed by atoms with van der Waals surface area (Å²) in [5, 5.41) is 3.00. The molecule has 0 heterocycles. The highest BCUT2D eigenvalue weighted by atomic mass is 16.2. The van der Waals surface area contributed by atoms with Gasteiger partial charge in [-0.1, -0.05) is 80.4 Å². The predicted octanol–water partition coefficient (Wildman–Crippen LogP) is 4.43. The monoisotopic (exact) mass is 394 g/mol. The van der Waals surface area contributed by atoms with E-state index >= 15 is 0 Å². The molecule has 2 rings (SSSR count). The van der Waals surface area contributed by atoms with Crippen molar-refractivity contribution >= 4 is 11.8 Å². The standard InChI is InChI=1S/C25H34N2O2/c1-6-23(25(29)26-16-18(2)3)27(17-21-12-10-19(4)11-13-21)24(28)15-22-9-7-8-20(5)14-22/h7-14,18,23H,6,15-17H2,1-5H3,(H,26,29). The number of nitrogens with zero attached hydrogens (tertiary/aromatic N) is 1. The molecule has 2 aromatic carbocycles. The first-order valence-electron chi connectivity index (χ1n) is 10.5. The number of rotatable bonds is 9. The largest absolute Gasteiger partial charge is 0.354 e. The molecule has 29 heavy (non-hydrogen) atoms. The molecule has 1 N–H and O–H groups in total. The SMILES string of the molecule is CCC(C(=O)NCC(C)C)N(Cc1ccc(C)cc1)C(=O)Cc1cccc(C)c1. The Bertz CT molecular complexity index is 812. The van der Waals surface area contributed by atoms with Crippen LogP contribution in [-0.2, 0) is 22.6 Å². The van der Waals surface area contributed by atoms with Crippen LogP contribution < -0.4 is 5.32 Å². The third-order valence-electron chi connectivity index (χ3n) is 4.98. The molecule has 2 amide bonds. The molecule has 1 unspecified atom stereocenters. The molecule has 0 aliphatic heterocycles. The lowest BCUT2D eigenvalue weighted by atomic mass is 10.0. The summed E-state index contributed by atoms with van der Waals surface area (Å²) >= 11 is 0. The Morgan fingerprint density at radius 2 is 1.66 bits per heavy atom. The Morgan fingerprint density at radius 3 is 2.24 bits per heavy atom. The molecule has 0 bridgehead atoms. The van der Waals surface area contributed by atoms with Crippen molar-refractivity contribution in [2.24, 2.45) is 5.92 Å². The predicted molar refractivity (Wildman–Crippen MR) is 119 cm³/mol. The van der Waals surface area contributed by atoms with Crippen LogP contribution in [-0.4, -0.2) is 29.3 Å². The van der Waals surface area contributed by atoms with Crippen molar-refractivity contribution in [1.82, 2.24) is 10.2 Å². The van der Waals surface area contributed by atoms with Gasteiger partial charge in [-0.15, -0.1) is 0 Å². The van der Waals surface area contributed by atoms with Gasteiger partial charge in [0.25, 0.3) is 0 Å². The summed E-state index contributed by atoms with van der Waals surface area (Å²) in [7, 11) is 0. The number of amides is 2. The van der Waals surface area contributed by atoms with Crippen molar-refractivity contribution in [3.8, 4) is 0 Å². The third-order valence-corrected chi connectivity index (χ3v) is 4.98. The van der Waals surface area contributed by atoms with Gasteiger partial charge < -0.3 is 10.2 Å². The van der Waals surface area contributed by atoms with Crippen LogP contribution in [0.4, 0.5) is 0 Å². The molecule has 156 valence electrons. The van der Waals surface area contributed by atoms with Crippen molar-refractivity contribution in [2.45, 2.75) is 60.0 Å². The lowest BCUT2D eigenvalue weighted by Crippen LogP contribution is -2.50. The number of benzene rings is 2. The van der Waals surface area contributed by atoms with Gasteiger partial charge in [-0.3, -0.25) is 9.59 Å². The molecule has 2 aromatic rings. The lowest BCUT2D eigenvalue weighted by molar-refractivity contribution is -0.141. The van der Waals surface area contributed by atoms with E-state index in [0.29, 0.717) is 31.8 Å². The maximum Gasteiger partial charge on any atom is 0.242 e. The van der Waals surface area contributed by atoms with Crippen LogP contribution in [0.5, 0.6) is 0 Å². The average molecular weight is 395 g/mol. The number of carbonyl (C=O) groups is 2. The van der Waals surface area contributed by atoms with Gasteiger partial charge in [-0.05, 0) is 37.3 Å². The van der Waals surface area contributed by atoms with Crippen LogP contribution in [0.15, 0.2) is 48.5 Å². The quantitative estimate of drug-likeness (QED) is 0.684. The second-order valence-electron chi connectivity index (χ2n) is 8.24. The molecule has 4 heteroatoms. The van der Waals surface area contributed by atoms with Crippen molar-refractivity contribution in [3.63, 3.8) is 0 Å². The zero-order valence-corrected chi connectivity index (χ0v) is 18.4. The lowest BCUT2D eigenvalue weighted by Gasteiger charge is -2.31. The van der Waals surface area contributed by atoms with Crippen molar-refractivity contribution in [2.75, 3.05) is 6.54 Å². The fourth-order valence-electron chi connectivity index (χ4n) is 3.33. The maximum absolute atomic E-state index is 13.3. The first-order valence-corrected chi connectivity index (χ1v) is 10.5. The van der Waals surface area contributed by atoms with Gasteiger partial charge in [0.15, 0.2) is 0 Å². The number of hydrogen-bond donors (Lipinski definition) is 1. The minimum absolute atomic E-state index is 0.0253.